The number of hydrogen-bond acceptors (Lipinski definition) is 4. The molecular weight excluding hydrogens is 266 g/mol. The van der Waals surface area contributed by atoms with Crippen LogP contribution >= 0.6 is 11.3 Å². The predicted molar refractivity (Wildman–Crippen MR) is 83.6 cm³/mol. The Morgan fingerprint density at radius 2 is 2.15 bits per heavy atom. The highest BCUT2D eigenvalue weighted by Crippen LogP contribution is 2.39. The van der Waals surface area contributed by atoms with Gasteiger partial charge in [-0.05, 0) is 66.4 Å². The van der Waals surface area contributed by atoms with Crippen LogP contribution < -0.4 is 5.73 Å². The number of pyridine rings is 1. The van der Waals surface area contributed by atoms with E-state index in [1.807, 2.05) is 12.4 Å². The van der Waals surface area contributed by atoms with E-state index in [-0.39, 0.29) is 6.04 Å². The fourth-order valence-electron chi connectivity index (χ4n) is 3.31. The number of aromatic nitrogens is 1. The van der Waals surface area contributed by atoms with Crippen molar-refractivity contribution in [2.24, 2.45) is 5.73 Å². The van der Waals surface area contributed by atoms with Gasteiger partial charge in [-0.15, -0.1) is 0 Å². The molecule has 3 unspecified atom stereocenters. The smallest absolute Gasteiger partial charge is 0.0510 e. The molecule has 0 aromatic carbocycles. The average Bonchev–Trinajstić information content (AvgIpc) is 3.11. The van der Waals surface area contributed by atoms with Crippen molar-refractivity contribution in [1.82, 2.24) is 9.88 Å². The Bertz CT molecular complexity index is 524. The van der Waals surface area contributed by atoms with Crippen LogP contribution in [0.4, 0.5) is 0 Å². The molecule has 20 heavy (non-hydrogen) atoms. The predicted octanol–water partition coefficient (Wildman–Crippen LogP) is 3.37. The van der Waals surface area contributed by atoms with Gasteiger partial charge in [-0.25, -0.2) is 0 Å². The Morgan fingerprint density at radius 1 is 1.35 bits per heavy atom. The van der Waals surface area contributed by atoms with E-state index in [1.165, 1.54) is 24.0 Å². The van der Waals surface area contributed by atoms with E-state index in [0.717, 1.165) is 6.54 Å². The van der Waals surface area contributed by atoms with Crippen LogP contribution in [0.5, 0.6) is 0 Å². The molecule has 0 radical (unpaired) electrons. The highest BCUT2D eigenvalue weighted by molar-refractivity contribution is 7.07. The zero-order valence-electron chi connectivity index (χ0n) is 11.8. The first-order chi connectivity index (χ1) is 9.77. The molecule has 1 aliphatic heterocycles. The molecular formula is C16H21N3S. The summed E-state index contributed by atoms with van der Waals surface area (Å²) in [6.07, 6.45) is 6.21. The minimum absolute atomic E-state index is 0.132. The van der Waals surface area contributed by atoms with Crippen molar-refractivity contribution in [1.29, 1.82) is 0 Å². The van der Waals surface area contributed by atoms with E-state index in [4.69, 9.17) is 5.73 Å². The second-order valence-corrected chi connectivity index (χ2v) is 6.32. The number of nitrogens with two attached hydrogens (primary N) is 1. The summed E-state index contributed by atoms with van der Waals surface area (Å²) in [7, 11) is 0. The van der Waals surface area contributed by atoms with Crippen LogP contribution in [0.15, 0.2) is 41.4 Å². The maximum atomic E-state index is 6.30. The molecule has 3 nitrogen and oxygen atoms in total. The average molecular weight is 287 g/mol. The molecule has 3 atom stereocenters. The molecule has 106 valence electrons. The lowest BCUT2D eigenvalue weighted by Gasteiger charge is -2.35. The van der Waals surface area contributed by atoms with Gasteiger partial charge in [0.2, 0.25) is 0 Å². The van der Waals surface area contributed by atoms with Crippen LogP contribution in [0.1, 0.15) is 43.0 Å². The van der Waals surface area contributed by atoms with Crippen molar-refractivity contribution in [3.8, 4) is 0 Å². The molecule has 0 spiro atoms. The number of likely N-dealkylation sites (tertiary alicyclic amines) is 1. The van der Waals surface area contributed by atoms with E-state index in [2.05, 4.69) is 45.8 Å². The van der Waals surface area contributed by atoms with Crippen molar-refractivity contribution in [2.45, 2.75) is 37.9 Å². The Labute approximate surface area is 124 Å². The van der Waals surface area contributed by atoms with Gasteiger partial charge in [-0.1, -0.05) is 0 Å². The Morgan fingerprint density at radius 3 is 2.80 bits per heavy atom. The maximum absolute atomic E-state index is 6.30. The van der Waals surface area contributed by atoms with Crippen LogP contribution in [-0.2, 0) is 0 Å². The topological polar surface area (TPSA) is 42.1 Å². The van der Waals surface area contributed by atoms with Gasteiger partial charge in [0.15, 0.2) is 0 Å². The summed E-state index contributed by atoms with van der Waals surface area (Å²) in [4.78, 5) is 6.70. The van der Waals surface area contributed by atoms with Crippen molar-refractivity contribution in [3.05, 3.63) is 52.5 Å². The van der Waals surface area contributed by atoms with Crippen LogP contribution in [0.3, 0.4) is 0 Å². The monoisotopic (exact) mass is 287 g/mol. The summed E-state index contributed by atoms with van der Waals surface area (Å²) in [5.74, 6) is 0. The molecule has 1 fully saturated rings. The zero-order chi connectivity index (χ0) is 13.9. The van der Waals surface area contributed by atoms with Gasteiger partial charge in [0.25, 0.3) is 0 Å². The first-order valence-corrected chi connectivity index (χ1v) is 8.15. The highest BCUT2D eigenvalue weighted by Gasteiger charge is 2.34. The second-order valence-electron chi connectivity index (χ2n) is 5.54. The van der Waals surface area contributed by atoms with Crippen molar-refractivity contribution >= 4 is 11.3 Å². The molecule has 2 aromatic heterocycles. The minimum Gasteiger partial charge on any atom is -0.326 e. The highest BCUT2D eigenvalue weighted by atomic mass is 32.1. The molecule has 2 aromatic rings. The summed E-state index contributed by atoms with van der Waals surface area (Å²) in [5, 5.41) is 4.37. The van der Waals surface area contributed by atoms with Gasteiger partial charge in [0.05, 0.1) is 6.04 Å². The maximum Gasteiger partial charge on any atom is 0.0510 e. The van der Waals surface area contributed by atoms with Gasteiger partial charge < -0.3 is 5.73 Å². The number of hydrogen-bond donors (Lipinski definition) is 1. The van der Waals surface area contributed by atoms with E-state index in [9.17, 15) is 0 Å². The number of thiophene rings is 1. The Hall–Kier alpha value is -1.23. The number of rotatable bonds is 4. The molecule has 0 aliphatic carbocycles. The standard InChI is InChI=1S/C16H21N3S/c1-12(17)16(14-6-10-20-11-14)19-9-2-3-15(19)13-4-7-18-8-5-13/h4-8,10-12,15-16H,2-3,9,17H2,1H3. The summed E-state index contributed by atoms with van der Waals surface area (Å²) in [6.45, 7) is 3.24. The first-order valence-electron chi connectivity index (χ1n) is 7.20. The normalized spacial score (nSPS) is 22.8. The molecule has 0 bridgehead atoms. The fraction of sp³-hybridized carbons (Fsp3) is 0.438. The summed E-state index contributed by atoms with van der Waals surface area (Å²) in [5.41, 5.74) is 9.01. The van der Waals surface area contributed by atoms with E-state index >= 15 is 0 Å². The van der Waals surface area contributed by atoms with Gasteiger partial charge >= 0.3 is 0 Å². The van der Waals surface area contributed by atoms with Crippen LogP contribution in [0, 0.1) is 0 Å². The minimum atomic E-state index is 0.132. The first kappa shape index (κ1) is 13.7. The lowest BCUT2D eigenvalue weighted by molar-refractivity contribution is 0.161. The van der Waals surface area contributed by atoms with Crippen LogP contribution in [0.25, 0.3) is 0 Å². The lowest BCUT2D eigenvalue weighted by Crippen LogP contribution is -2.39. The van der Waals surface area contributed by atoms with Gasteiger partial charge in [0.1, 0.15) is 0 Å². The Balaban J connectivity index is 1.90. The lowest BCUT2D eigenvalue weighted by atomic mass is 9.98. The Kier molecular flexibility index (Phi) is 4.15. The van der Waals surface area contributed by atoms with E-state index in [0.29, 0.717) is 12.1 Å². The van der Waals surface area contributed by atoms with Crippen LogP contribution in [-0.4, -0.2) is 22.5 Å². The molecule has 0 saturated carbocycles. The molecule has 1 aliphatic rings. The van der Waals surface area contributed by atoms with Gasteiger partial charge in [0, 0.05) is 24.5 Å². The van der Waals surface area contributed by atoms with E-state index < -0.39 is 0 Å². The fourth-order valence-corrected chi connectivity index (χ4v) is 4.00. The SMILES string of the molecule is CC(N)C(c1ccsc1)N1CCCC1c1ccncc1. The third-order valence-electron chi connectivity index (χ3n) is 4.13. The second kappa shape index (κ2) is 6.04. The van der Waals surface area contributed by atoms with Gasteiger partial charge in [-0.2, -0.15) is 11.3 Å². The third-order valence-corrected chi connectivity index (χ3v) is 4.83. The van der Waals surface area contributed by atoms with Crippen molar-refractivity contribution < 1.29 is 0 Å². The molecule has 4 heteroatoms. The third kappa shape index (κ3) is 2.64. The van der Waals surface area contributed by atoms with Crippen LogP contribution in [0.2, 0.25) is 0 Å². The largest absolute Gasteiger partial charge is 0.326 e. The molecule has 3 heterocycles. The number of nitrogens with zero attached hydrogens (tertiary/aromatic N) is 2. The molecule has 1 saturated heterocycles. The van der Waals surface area contributed by atoms with Crippen molar-refractivity contribution in [3.63, 3.8) is 0 Å². The molecule has 3 rings (SSSR count). The molecule has 2 N–H and O–H groups in total. The zero-order valence-corrected chi connectivity index (χ0v) is 12.6. The summed E-state index contributed by atoms with van der Waals surface area (Å²) < 4.78 is 0. The summed E-state index contributed by atoms with van der Waals surface area (Å²) in [6, 6.07) is 7.38. The quantitative estimate of drug-likeness (QED) is 0.937. The van der Waals surface area contributed by atoms with Gasteiger partial charge in [-0.3, -0.25) is 9.88 Å². The summed E-state index contributed by atoms with van der Waals surface area (Å²) >= 11 is 1.75. The van der Waals surface area contributed by atoms with Crippen molar-refractivity contribution in [2.75, 3.05) is 6.54 Å². The van der Waals surface area contributed by atoms with E-state index in [1.54, 1.807) is 11.3 Å². The molecule has 0 amide bonds.